The first kappa shape index (κ1) is 16.9. The molecule has 1 N–H and O–H groups in total. The maximum absolute atomic E-state index is 11.8. The first-order valence-corrected chi connectivity index (χ1v) is 7.43. The summed E-state index contributed by atoms with van der Waals surface area (Å²) in [5.74, 6) is -1.82. The minimum atomic E-state index is -1.22. The van der Waals surface area contributed by atoms with E-state index in [1.807, 2.05) is 38.1 Å². The second-order valence-corrected chi connectivity index (χ2v) is 5.93. The molecule has 1 saturated heterocycles. The zero-order chi connectivity index (χ0) is 17.0. The van der Waals surface area contributed by atoms with Crippen LogP contribution in [0.1, 0.15) is 33.3 Å². The Morgan fingerprint density at radius 1 is 1.13 bits per heavy atom. The quantitative estimate of drug-likeness (QED) is 0.510. The highest BCUT2D eigenvalue weighted by atomic mass is 16.7. The highest BCUT2D eigenvalue weighted by molar-refractivity contribution is 6.15. The highest BCUT2D eigenvalue weighted by Gasteiger charge is 2.38. The molecule has 1 aromatic carbocycles. The fourth-order valence-electron chi connectivity index (χ4n) is 2.01. The van der Waals surface area contributed by atoms with Crippen LogP contribution in [0.25, 0.3) is 0 Å². The van der Waals surface area contributed by atoms with Crippen LogP contribution >= 0.6 is 0 Å². The number of carbonyl (C=O) groups excluding carboxylic acids is 2. The SMILES string of the molecule is CC(C)Oc1ccc(CNC=C2C(=O)OC(C)(C)OC2=O)cc1. The molecule has 23 heavy (non-hydrogen) atoms. The third kappa shape index (κ3) is 4.74. The second-order valence-electron chi connectivity index (χ2n) is 5.93. The summed E-state index contributed by atoms with van der Waals surface area (Å²) >= 11 is 0. The van der Waals surface area contributed by atoms with Gasteiger partial charge >= 0.3 is 11.9 Å². The number of nitrogens with one attached hydrogen (secondary N) is 1. The monoisotopic (exact) mass is 319 g/mol. The van der Waals surface area contributed by atoms with Gasteiger partial charge in [-0.25, -0.2) is 9.59 Å². The number of carbonyl (C=O) groups is 2. The van der Waals surface area contributed by atoms with Gasteiger partial charge in [-0.15, -0.1) is 0 Å². The fourth-order valence-corrected chi connectivity index (χ4v) is 2.01. The number of rotatable bonds is 5. The van der Waals surface area contributed by atoms with Gasteiger partial charge < -0.3 is 19.5 Å². The van der Waals surface area contributed by atoms with Gasteiger partial charge in [0.1, 0.15) is 5.75 Å². The van der Waals surface area contributed by atoms with E-state index >= 15 is 0 Å². The van der Waals surface area contributed by atoms with Crippen LogP contribution in [0, 0.1) is 0 Å². The molecule has 0 bridgehead atoms. The van der Waals surface area contributed by atoms with E-state index in [1.165, 1.54) is 20.0 Å². The molecule has 1 aliphatic heterocycles. The Kier molecular flexibility index (Phi) is 4.93. The van der Waals surface area contributed by atoms with Crippen LogP contribution in [0.3, 0.4) is 0 Å². The van der Waals surface area contributed by atoms with Crippen molar-refractivity contribution < 1.29 is 23.8 Å². The molecule has 0 saturated carbocycles. The topological polar surface area (TPSA) is 73.9 Å². The van der Waals surface area contributed by atoms with Crippen molar-refractivity contribution in [3.05, 3.63) is 41.6 Å². The highest BCUT2D eigenvalue weighted by Crippen LogP contribution is 2.22. The molecule has 0 radical (unpaired) electrons. The molecule has 6 heteroatoms. The Morgan fingerprint density at radius 3 is 2.22 bits per heavy atom. The number of ether oxygens (including phenoxy) is 3. The van der Waals surface area contributed by atoms with Crippen molar-refractivity contribution in [1.82, 2.24) is 5.32 Å². The summed E-state index contributed by atoms with van der Waals surface area (Å²) < 4.78 is 15.6. The lowest BCUT2D eigenvalue weighted by atomic mass is 10.2. The molecule has 1 aliphatic rings. The summed E-state index contributed by atoms with van der Waals surface area (Å²) in [4.78, 5) is 23.5. The van der Waals surface area contributed by atoms with Crippen LogP contribution in [-0.2, 0) is 25.6 Å². The van der Waals surface area contributed by atoms with Gasteiger partial charge in [-0.05, 0) is 31.5 Å². The number of benzene rings is 1. The van der Waals surface area contributed by atoms with Crippen LogP contribution in [0.15, 0.2) is 36.0 Å². The van der Waals surface area contributed by atoms with Gasteiger partial charge in [-0.3, -0.25) is 0 Å². The molecule has 0 atom stereocenters. The van der Waals surface area contributed by atoms with E-state index in [-0.39, 0.29) is 11.7 Å². The molecule has 1 fully saturated rings. The molecule has 0 spiro atoms. The van der Waals surface area contributed by atoms with E-state index in [9.17, 15) is 9.59 Å². The first-order valence-electron chi connectivity index (χ1n) is 7.43. The standard InChI is InChI=1S/C17H21NO5/c1-11(2)21-13-7-5-12(6-8-13)9-18-10-14-15(19)22-17(3,4)23-16(14)20/h5-8,10-11,18H,9H2,1-4H3. The Labute approximate surface area is 135 Å². The molecule has 0 unspecified atom stereocenters. The van der Waals surface area contributed by atoms with E-state index in [2.05, 4.69) is 5.32 Å². The molecule has 2 rings (SSSR count). The van der Waals surface area contributed by atoms with Gasteiger partial charge in [0.2, 0.25) is 0 Å². The summed E-state index contributed by atoms with van der Waals surface area (Å²) in [7, 11) is 0. The lowest BCUT2D eigenvalue weighted by Crippen LogP contribution is -2.42. The Hall–Kier alpha value is -2.50. The summed E-state index contributed by atoms with van der Waals surface area (Å²) in [5, 5.41) is 2.92. The van der Waals surface area contributed by atoms with Gasteiger partial charge in [-0.1, -0.05) is 12.1 Å². The second kappa shape index (κ2) is 6.73. The molecule has 124 valence electrons. The molecular weight excluding hydrogens is 298 g/mol. The molecular formula is C17H21NO5. The Bertz CT molecular complexity index is 594. The van der Waals surface area contributed by atoms with Gasteiger partial charge in [0, 0.05) is 26.6 Å². The van der Waals surface area contributed by atoms with Crippen LogP contribution in [0.4, 0.5) is 0 Å². The number of cyclic esters (lactones) is 2. The van der Waals surface area contributed by atoms with E-state index in [1.54, 1.807) is 0 Å². The normalized spacial score (nSPS) is 16.7. The van der Waals surface area contributed by atoms with Gasteiger partial charge in [0.05, 0.1) is 6.10 Å². The summed E-state index contributed by atoms with van der Waals surface area (Å²) in [5.41, 5.74) is 0.833. The molecule has 6 nitrogen and oxygen atoms in total. The summed E-state index contributed by atoms with van der Waals surface area (Å²) in [6.07, 6.45) is 1.44. The van der Waals surface area contributed by atoms with Crippen molar-refractivity contribution in [2.75, 3.05) is 0 Å². The largest absolute Gasteiger partial charge is 0.491 e. The molecule has 1 heterocycles. The van der Waals surface area contributed by atoms with Crippen molar-refractivity contribution in [2.24, 2.45) is 0 Å². The lowest BCUT2D eigenvalue weighted by Gasteiger charge is -2.29. The predicted octanol–water partition coefficient (Wildman–Crippen LogP) is 2.28. The van der Waals surface area contributed by atoms with Crippen molar-refractivity contribution in [1.29, 1.82) is 0 Å². The minimum Gasteiger partial charge on any atom is -0.491 e. The van der Waals surface area contributed by atoms with E-state index in [4.69, 9.17) is 14.2 Å². The molecule has 0 aliphatic carbocycles. The van der Waals surface area contributed by atoms with E-state index < -0.39 is 17.7 Å². The zero-order valence-electron chi connectivity index (χ0n) is 13.7. The molecule has 0 amide bonds. The van der Waals surface area contributed by atoms with Crippen molar-refractivity contribution in [3.63, 3.8) is 0 Å². The van der Waals surface area contributed by atoms with Crippen molar-refractivity contribution in [3.8, 4) is 5.75 Å². The average molecular weight is 319 g/mol. The number of hydrogen-bond acceptors (Lipinski definition) is 6. The number of esters is 2. The zero-order valence-corrected chi connectivity index (χ0v) is 13.7. The summed E-state index contributed by atoms with van der Waals surface area (Å²) in [6, 6.07) is 7.55. The lowest BCUT2D eigenvalue weighted by molar-refractivity contribution is -0.222. The molecule has 1 aromatic rings. The Morgan fingerprint density at radius 2 is 1.70 bits per heavy atom. The van der Waals surface area contributed by atoms with Crippen LogP contribution < -0.4 is 10.1 Å². The predicted molar refractivity (Wildman–Crippen MR) is 83.4 cm³/mol. The van der Waals surface area contributed by atoms with Gasteiger partial charge in [0.15, 0.2) is 5.57 Å². The molecule has 0 aromatic heterocycles. The third-order valence-corrected chi connectivity index (χ3v) is 2.96. The van der Waals surface area contributed by atoms with E-state index in [0.29, 0.717) is 6.54 Å². The third-order valence-electron chi connectivity index (χ3n) is 2.96. The fraction of sp³-hybridized carbons (Fsp3) is 0.412. The number of hydrogen-bond donors (Lipinski definition) is 1. The summed E-state index contributed by atoms with van der Waals surface area (Å²) in [6.45, 7) is 7.40. The average Bonchev–Trinajstić information content (AvgIpc) is 2.42. The van der Waals surface area contributed by atoms with Crippen molar-refractivity contribution in [2.45, 2.75) is 46.1 Å². The van der Waals surface area contributed by atoms with Crippen LogP contribution in [0.2, 0.25) is 0 Å². The van der Waals surface area contributed by atoms with Gasteiger partial charge in [0.25, 0.3) is 5.79 Å². The van der Waals surface area contributed by atoms with Gasteiger partial charge in [-0.2, -0.15) is 0 Å². The maximum atomic E-state index is 11.8. The van der Waals surface area contributed by atoms with Crippen LogP contribution in [0.5, 0.6) is 5.75 Å². The maximum Gasteiger partial charge on any atom is 0.350 e. The van der Waals surface area contributed by atoms with Crippen LogP contribution in [-0.4, -0.2) is 23.8 Å². The first-order chi connectivity index (χ1) is 10.8. The minimum absolute atomic E-state index is 0.122. The van der Waals surface area contributed by atoms with E-state index in [0.717, 1.165) is 11.3 Å². The van der Waals surface area contributed by atoms with Crippen molar-refractivity contribution >= 4 is 11.9 Å². The Balaban J connectivity index is 1.93. The smallest absolute Gasteiger partial charge is 0.350 e.